The maximum Gasteiger partial charge on any atom is 0.195 e. The summed E-state index contributed by atoms with van der Waals surface area (Å²) < 4.78 is 18.5. The van der Waals surface area contributed by atoms with Gasteiger partial charge in [-0.1, -0.05) is 26.3 Å². The highest BCUT2D eigenvalue weighted by atomic mass is 19.1. The summed E-state index contributed by atoms with van der Waals surface area (Å²) in [6, 6.07) is 5.20. The molecular weight excluding hydrogens is 255 g/mol. The molecule has 1 aromatic heterocycles. The van der Waals surface area contributed by atoms with Gasteiger partial charge in [-0.3, -0.25) is 0 Å². The molecule has 1 unspecified atom stereocenters. The average molecular weight is 276 g/mol. The molecule has 0 radical (unpaired) electrons. The zero-order valence-electron chi connectivity index (χ0n) is 12.0. The van der Waals surface area contributed by atoms with E-state index in [4.69, 9.17) is 10.2 Å². The highest BCUT2D eigenvalue weighted by molar-refractivity contribution is 5.73. The lowest BCUT2D eigenvalue weighted by atomic mass is 9.99. The van der Waals surface area contributed by atoms with E-state index in [9.17, 15) is 4.39 Å². The Morgan fingerprint density at radius 1 is 1.45 bits per heavy atom. The second kappa shape index (κ2) is 6.66. The number of hydrogen-bond acceptors (Lipinski definition) is 3. The number of hydrogen-bond donors (Lipinski definition) is 1. The van der Waals surface area contributed by atoms with Gasteiger partial charge in [-0.2, -0.15) is 0 Å². The van der Waals surface area contributed by atoms with E-state index in [-0.39, 0.29) is 0 Å². The quantitative estimate of drug-likeness (QED) is 0.849. The van der Waals surface area contributed by atoms with Crippen LogP contribution in [0.4, 0.5) is 4.39 Å². The number of rotatable bonds is 6. The van der Waals surface area contributed by atoms with Crippen molar-refractivity contribution >= 4 is 11.1 Å². The van der Waals surface area contributed by atoms with Crippen molar-refractivity contribution in [3.63, 3.8) is 0 Å². The molecule has 0 aliphatic rings. The number of benzene rings is 1. The van der Waals surface area contributed by atoms with Gasteiger partial charge >= 0.3 is 0 Å². The molecule has 1 aromatic carbocycles. The van der Waals surface area contributed by atoms with Crippen LogP contribution in [0.2, 0.25) is 0 Å². The Morgan fingerprint density at radius 2 is 2.25 bits per heavy atom. The third-order valence-electron chi connectivity index (χ3n) is 3.51. The van der Waals surface area contributed by atoms with Crippen molar-refractivity contribution in [2.75, 3.05) is 0 Å². The summed E-state index contributed by atoms with van der Waals surface area (Å²) in [6.45, 7) is 4.02. The molecule has 2 N–H and O–H groups in total. The van der Waals surface area contributed by atoms with Gasteiger partial charge < -0.3 is 10.2 Å². The van der Waals surface area contributed by atoms with Gasteiger partial charge in [-0.25, -0.2) is 9.37 Å². The molecule has 0 saturated heterocycles. The molecule has 0 amide bonds. The molecule has 2 aromatic rings. The number of halogens is 1. The molecule has 0 aliphatic carbocycles. The number of oxazole rings is 1. The van der Waals surface area contributed by atoms with Crippen molar-refractivity contribution in [1.29, 1.82) is 0 Å². The summed E-state index contributed by atoms with van der Waals surface area (Å²) >= 11 is 0. The highest BCUT2D eigenvalue weighted by Gasteiger charge is 2.13. The van der Waals surface area contributed by atoms with Crippen molar-refractivity contribution in [3.8, 4) is 0 Å². The molecule has 108 valence electrons. The van der Waals surface area contributed by atoms with E-state index in [2.05, 4.69) is 11.9 Å². The zero-order valence-corrected chi connectivity index (χ0v) is 12.0. The number of nitrogens with zero attached hydrogens (tertiary/aromatic N) is 1. The van der Waals surface area contributed by atoms with Crippen molar-refractivity contribution in [1.82, 2.24) is 4.98 Å². The standard InChI is InChI=1S/C16H21FN2O/c1-3-5-6-15-19-13-8-7-12(9-14(13)20-15)16(18)11(4-2)10-17/h7-10,16H,3-6,18H2,1-2H3. The monoisotopic (exact) mass is 276 g/mol. The Kier molecular flexibility index (Phi) is 4.90. The van der Waals surface area contributed by atoms with Gasteiger partial charge in [-0.05, 0) is 36.1 Å². The first-order chi connectivity index (χ1) is 9.69. The smallest absolute Gasteiger partial charge is 0.195 e. The summed E-state index contributed by atoms with van der Waals surface area (Å²) in [7, 11) is 0. The molecule has 0 aliphatic heterocycles. The van der Waals surface area contributed by atoms with Crippen LogP contribution < -0.4 is 5.73 Å². The lowest BCUT2D eigenvalue weighted by molar-refractivity contribution is 0.517. The fourth-order valence-corrected chi connectivity index (χ4v) is 2.20. The fraction of sp³-hybridized carbons (Fsp3) is 0.438. The van der Waals surface area contributed by atoms with Crippen LogP contribution in [-0.2, 0) is 6.42 Å². The van der Waals surface area contributed by atoms with Gasteiger partial charge in [0.15, 0.2) is 11.5 Å². The first-order valence-corrected chi connectivity index (χ1v) is 7.13. The second-order valence-electron chi connectivity index (χ2n) is 4.95. The molecule has 1 atom stereocenters. The van der Waals surface area contributed by atoms with E-state index in [1.54, 1.807) is 0 Å². The predicted molar refractivity (Wildman–Crippen MR) is 79.0 cm³/mol. The van der Waals surface area contributed by atoms with Gasteiger partial charge in [0.25, 0.3) is 0 Å². The summed E-state index contributed by atoms with van der Waals surface area (Å²) in [5, 5.41) is 0. The first-order valence-electron chi connectivity index (χ1n) is 7.13. The van der Waals surface area contributed by atoms with E-state index in [1.165, 1.54) is 0 Å². The van der Waals surface area contributed by atoms with Crippen LogP contribution in [-0.4, -0.2) is 4.98 Å². The minimum absolute atomic E-state index is 0.432. The Balaban J connectivity index is 2.28. The van der Waals surface area contributed by atoms with Gasteiger partial charge in [0.05, 0.1) is 12.4 Å². The van der Waals surface area contributed by atoms with Crippen LogP contribution in [0.25, 0.3) is 11.1 Å². The minimum Gasteiger partial charge on any atom is -0.441 e. The van der Waals surface area contributed by atoms with E-state index in [1.807, 2.05) is 25.1 Å². The largest absolute Gasteiger partial charge is 0.441 e. The van der Waals surface area contributed by atoms with Crippen molar-refractivity contribution in [2.45, 2.75) is 45.6 Å². The van der Waals surface area contributed by atoms with Gasteiger partial charge in [0.2, 0.25) is 0 Å². The first kappa shape index (κ1) is 14.7. The molecule has 1 heterocycles. The highest BCUT2D eigenvalue weighted by Crippen LogP contribution is 2.26. The predicted octanol–water partition coefficient (Wildman–Crippen LogP) is 4.43. The fourth-order valence-electron chi connectivity index (χ4n) is 2.20. The number of aromatic nitrogens is 1. The third kappa shape index (κ3) is 3.07. The summed E-state index contributed by atoms with van der Waals surface area (Å²) in [5.74, 6) is 0.754. The average Bonchev–Trinajstić information content (AvgIpc) is 2.87. The lowest BCUT2D eigenvalue weighted by Gasteiger charge is -2.13. The Labute approximate surface area is 118 Å². The maximum absolute atomic E-state index is 12.8. The number of nitrogens with two attached hydrogens (primary N) is 1. The van der Waals surface area contributed by atoms with Crippen molar-refractivity contribution < 1.29 is 8.81 Å². The molecule has 4 heteroatoms. The summed E-state index contributed by atoms with van der Waals surface area (Å²) in [5.41, 5.74) is 9.04. The van der Waals surface area contributed by atoms with Crippen molar-refractivity contribution in [2.24, 2.45) is 5.73 Å². The van der Waals surface area contributed by atoms with Crippen LogP contribution in [0.15, 0.2) is 34.5 Å². The van der Waals surface area contributed by atoms with Crippen LogP contribution in [0, 0.1) is 0 Å². The SMILES string of the molecule is CCCCc1nc2ccc(C(N)C(=CF)CC)cc2o1. The molecule has 0 spiro atoms. The second-order valence-corrected chi connectivity index (χ2v) is 4.95. The molecular formula is C16H21FN2O. The molecule has 20 heavy (non-hydrogen) atoms. The molecule has 2 rings (SSSR count). The molecule has 0 bridgehead atoms. The van der Waals surface area contributed by atoms with Crippen LogP contribution in [0.5, 0.6) is 0 Å². The maximum atomic E-state index is 12.8. The van der Waals surface area contributed by atoms with E-state index < -0.39 is 6.04 Å². The summed E-state index contributed by atoms with van der Waals surface area (Å²) in [6.07, 6.45) is 4.20. The zero-order chi connectivity index (χ0) is 14.5. The van der Waals surface area contributed by atoms with Crippen molar-refractivity contribution in [3.05, 3.63) is 41.6 Å². The number of aryl methyl sites for hydroxylation is 1. The van der Waals surface area contributed by atoms with Crippen LogP contribution >= 0.6 is 0 Å². The van der Waals surface area contributed by atoms with Crippen LogP contribution in [0.3, 0.4) is 0 Å². The van der Waals surface area contributed by atoms with Gasteiger partial charge in [0, 0.05) is 6.42 Å². The van der Waals surface area contributed by atoms with E-state index >= 15 is 0 Å². The van der Waals surface area contributed by atoms with E-state index in [0.717, 1.165) is 41.8 Å². The Bertz CT molecular complexity index is 604. The Morgan fingerprint density at radius 3 is 2.90 bits per heavy atom. The molecule has 3 nitrogen and oxygen atoms in total. The molecule has 0 fully saturated rings. The summed E-state index contributed by atoms with van der Waals surface area (Å²) in [4.78, 5) is 4.44. The number of fused-ring (bicyclic) bond motifs is 1. The van der Waals surface area contributed by atoms with Gasteiger partial charge in [-0.15, -0.1) is 0 Å². The Hall–Kier alpha value is -1.68. The lowest BCUT2D eigenvalue weighted by Crippen LogP contribution is -2.12. The van der Waals surface area contributed by atoms with Crippen LogP contribution in [0.1, 0.15) is 50.6 Å². The third-order valence-corrected chi connectivity index (χ3v) is 3.51. The van der Waals surface area contributed by atoms with E-state index in [0.29, 0.717) is 18.3 Å². The minimum atomic E-state index is -0.432. The number of unbranched alkanes of at least 4 members (excludes halogenated alkanes) is 1. The topological polar surface area (TPSA) is 52.0 Å². The normalized spacial score (nSPS) is 13.9. The van der Waals surface area contributed by atoms with Gasteiger partial charge in [0.1, 0.15) is 5.52 Å². The molecule has 0 saturated carbocycles.